The van der Waals surface area contributed by atoms with E-state index in [1.54, 1.807) is 17.2 Å². The predicted octanol–water partition coefficient (Wildman–Crippen LogP) is 1.52. The monoisotopic (exact) mass is 418 g/mol. The molecule has 1 aromatic rings. The Morgan fingerprint density at radius 1 is 1.21 bits per heavy atom. The number of hydrogen-bond donors (Lipinski definition) is 2. The number of aromatic nitrogens is 1. The number of allylic oxidation sites excluding steroid dienone is 1. The standard InChI is InChI=1S/C19H26N6O3S/c1-19(2,3)11-24-9-8-12-10-22-18(21)25(15(12)16(24)20)13-6-7-14(29(5,26)27)23-17(13)28-4/h6-10H,11,20H2,1-5H3,(H2,21,22). The Morgan fingerprint density at radius 3 is 2.48 bits per heavy atom. The number of ether oxygens (including phenoxy) is 1. The smallest absolute Gasteiger partial charge is 0.239 e. The number of sulfone groups is 1. The highest BCUT2D eigenvalue weighted by Crippen LogP contribution is 2.37. The third-order valence-corrected chi connectivity index (χ3v) is 5.31. The lowest BCUT2D eigenvalue weighted by molar-refractivity contribution is 0.285. The molecule has 0 radical (unpaired) electrons. The summed E-state index contributed by atoms with van der Waals surface area (Å²) >= 11 is 0. The summed E-state index contributed by atoms with van der Waals surface area (Å²) in [5.41, 5.74) is 14.6. The van der Waals surface area contributed by atoms with Crippen molar-refractivity contribution in [2.75, 3.05) is 24.8 Å². The number of anilines is 1. The lowest BCUT2D eigenvalue weighted by Crippen LogP contribution is -2.44. The van der Waals surface area contributed by atoms with Gasteiger partial charge in [0, 0.05) is 30.8 Å². The second-order valence-corrected chi connectivity index (χ2v) is 10.1. The van der Waals surface area contributed by atoms with Crippen molar-refractivity contribution in [2.24, 2.45) is 21.9 Å². The fourth-order valence-electron chi connectivity index (χ4n) is 3.11. The summed E-state index contributed by atoms with van der Waals surface area (Å²) in [5, 5.41) is -0.0961. The molecule has 29 heavy (non-hydrogen) atoms. The van der Waals surface area contributed by atoms with E-state index in [-0.39, 0.29) is 22.3 Å². The van der Waals surface area contributed by atoms with Crippen molar-refractivity contribution < 1.29 is 13.2 Å². The number of hydrogen-bond acceptors (Lipinski definition) is 9. The number of rotatable bonds is 4. The molecule has 3 heterocycles. The van der Waals surface area contributed by atoms with Crippen LogP contribution in [0.2, 0.25) is 0 Å². The minimum atomic E-state index is -3.50. The highest BCUT2D eigenvalue weighted by molar-refractivity contribution is 7.90. The summed E-state index contributed by atoms with van der Waals surface area (Å²) in [4.78, 5) is 12.0. The van der Waals surface area contributed by atoms with Crippen LogP contribution in [-0.4, -0.2) is 44.2 Å². The van der Waals surface area contributed by atoms with Crippen LogP contribution < -0.4 is 21.1 Å². The van der Waals surface area contributed by atoms with Crippen LogP contribution in [-0.2, 0) is 9.84 Å². The van der Waals surface area contributed by atoms with Gasteiger partial charge in [-0.15, -0.1) is 0 Å². The van der Waals surface area contributed by atoms with E-state index in [1.165, 1.54) is 13.2 Å². The van der Waals surface area contributed by atoms with Crippen LogP contribution in [0.25, 0.3) is 0 Å². The minimum absolute atomic E-state index is 0.00620. The van der Waals surface area contributed by atoms with Crippen LogP contribution in [0.4, 0.5) is 5.69 Å². The van der Waals surface area contributed by atoms with Gasteiger partial charge >= 0.3 is 0 Å². The van der Waals surface area contributed by atoms with Crippen LogP contribution in [0.1, 0.15) is 20.8 Å². The fourth-order valence-corrected chi connectivity index (χ4v) is 3.67. The molecule has 0 bridgehead atoms. The highest BCUT2D eigenvalue weighted by Gasteiger charge is 2.32. The summed E-state index contributed by atoms with van der Waals surface area (Å²) in [6, 6.07) is 2.99. The highest BCUT2D eigenvalue weighted by atomic mass is 32.2. The maximum atomic E-state index is 11.9. The zero-order valence-electron chi connectivity index (χ0n) is 17.2. The SMILES string of the molecule is COc1nc(S(C)(=O)=O)ccc1N1C(N)=NC=C2C=CN(CC(C)(C)C)C(N)=C21. The number of guanidine groups is 1. The molecule has 2 aliphatic rings. The summed E-state index contributed by atoms with van der Waals surface area (Å²) in [6.45, 7) is 7.06. The summed E-state index contributed by atoms with van der Waals surface area (Å²) < 4.78 is 29.1. The van der Waals surface area contributed by atoms with Crippen molar-refractivity contribution in [1.29, 1.82) is 0 Å². The Hall–Kier alpha value is -3.01. The van der Waals surface area contributed by atoms with Gasteiger partial charge in [-0.25, -0.2) is 13.4 Å². The van der Waals surface area contributed by atoms with E-state index in [0.717, 1.165) is 11.8 Å². The van der Waals surface area contributed by atoms with Gasteiger partial charge in [-0.3, -0.25) is 4.90 Å². The van der Waals surface area contributed by atoms with Gasteiger partial charge in [-0.05, 0) is 23.6 Å². The second-order valence-electron chi connectivity index (χ2n) is 8.10. The number of fused-ring (bicyclic) bond motifs is 1. The lowest BCUT2D eigenvalue weighted by atomic mass is 9.95. The van der Waals surface area contributed by atoms with E-state index in [1.807, 2.05) is 17.2 Å². The Morgan fingerprint density at radius 2 is 1.90 bits per heavy atom. The first-order chi connectivity index (χ1) is 13.4. The largest absolute Gasteiger partial charge is 0.479 e. The second kappa shape index (κ2) is 7.11. The van der Waals surface area contributed by atoms with Gasteiger partial charge in [-0.1, -0.05) is 20.8 Å². The van der Waals surface area contributed by atoms with Crippen LogP contribution in [0.15, 0.2) is 57.7 Å². The van der Waals surface area contributed by atoms with E-state index < -0.39 is 9.84 Å². The number of aliphatic imine (C=N–C) groups is 1. The normalized spacial score (nSPS) is 17.1. The molecule has 0 spiro atoms. The molecular formula is C19H26N6O3S. The molecule has 0 fully saturated rings. The first-order valence-electron chi connectivity index (χ1n) is 8.96. The zero-order chi connectivity index (χ0) is 21.6. The molecule has 0 aromatic carbocycles. The number of nitrogens with zero attached hydrogens (tertiary/aromatic N) is 4. The Bertz CT molecular complexity index is 1060. The summed E-state index contributed by atoms with van der Waals surface area (Å²) in [5.74, 6) is 0.773. The van der Waals surface area contributed by atoms with Crippen molar-refractivity contribution >= 4 is 21.5 Å². The van der Waals surface area contributed by atoms with Crippen LogP contribution in [0.5, 0.6) is 5.88 Å². The summed E-state index contributed by atoms with van der Waals surface area (Å²) in [7, 11) is -2.09. The van der Waals surface area contributed by atoms with Crippen LogP contribution >= 0.6 is 0 Å². The van der Waals surface area contributed by atoms with Crippen LogP contribution in [0, 0.1) is 5.41 Å². The Balaban J connectivity index is 2.15. The maximum Gasteiger partial charge on any atom is 0.239 e. The van der Waals surface area contributed by atoms with E-state index in [2.05, 4.69) is 30.7 Å². The first-order valence-corrected chi connectivity index (χ1v) is 10.8. The third kappa shape index (κ3) is 4.07. The molecule has 0 saturated heterocycles. The molecule has 4 N–H and O–H groups in total. The minimum Gasteiger partial charge on any atom is -0.479 e. The molecule has 1 aromatic heterocycles. The molecule has 2 aliphatic heterocycles. The van der Waals surface area contributed by atoms with Crippen LogP contribution in [0.3, 0.4) is 0 Å². The third-order valence-electron chi connectivity index (χ3n) is 4.32. The quantitative estimate of drug-likeness (QED) is 0.753. The molecule has 0 aliphatic carbocycles. The van der Waals surface area contributed by atoms with Gasteiger partial charge in [-0.2, -0.15) is 4.98 Å². The molecule has 0 saturated carbocycles. The number of nitrogens with two attached hydrogens (primary N) is 2. The number of methoxy groups -OCH3 is 1. The molecule has 0 amide bonds. The molecule has 10 heteroatoms. The van der Waals surface area contributed by atoms with E-state index in [4.69, 9.17) is 16.2 Å². The maximum absolute atomic E-state index is 11.9. The lowest BCUT2D eigenvalue weighted by Gasteiger charge is -2.38. The van der Waals surface area contributed by atoms with Gasteiger partial charge in [0.15, 0.2) is 14.9 Å². The van der Waals surface area contributed by atoms with Gasteiger partial charge in [0.1, 0.15) is 11.5 Å². The topological polar surface area (TPSA) is 127 Å². The van der Waals surface area contributed by atoms with Gasteiger partial charge < -0.3 is 21.1 Å². The average molecular weight is 419 g/mol. The molecule has 0 atom stereocenters. The molecule has 0 unspecified atom stereocenters. The van der Waals surface area contributed by atoms with Gasteiger partial charge in [0.05, 0.1) is 12.8 Å². The fraction of sp³-hybridized carbons (Fsp3) is 0.368. The predicted molar refractivity (Wildman–Crippen MR) is 113 cm³/mol. The van der Waals surface area contributed by atoms with Crippen molar-refractivity contribution in [1.82, 2.24) is 9.88 Å². The first kappa shape index (κ1) is 20.7. The molecule has 9 nitrogen and oxygen atoms in total. The van der Waals surface area contributed by atoms with Gasteiger partial charge in [0.25, 0.3) is 0 Å². The summed E-state index contributed by atoms with van der Waals surface area (Å²) in [6.07, 6.45) is 6.55. The Labute approximate surface area is 171 Å². The van der Waals surface area contributed by atoms with E-state index >= 15 is 0 Å². The van der Waals surface area contributed by atoms with Crippen molar-refractivity contribution in [3.05, 3.63) is 47.7 Å². The molecule has 156 valence electrons. The van der Waals surface area contributed by atoms with Crippen molar-refractivity contribution in [3.63, 3.8) is 0 Å². The number of pyridine rings is 1. The van der Waals surface area contributed by atoms with Crippen molar-refractivity contribution in [2.45, 2.75) is 25.8 Å². The average Bonchev–Trinajstić information content (AvgIpc) is 2.62. The molecule has 3 rings (SSSR count). The zero-order valence-corrected chi connectivity index (χ0v) is 18.0. The van der Waals surface area contributed by atoms with Crippen molar-refractivity contribution in [3.8, 4) is 5.88 Å². The Kier molecular flexibility index (Phi) is 5.08. The van der Waals surface area contributed by atoms with E-state index in [9.17, 15) is 8.42 Å². The van der Waals surface area contributed by atoms with E-state index in [0.29, 0.717) is 23.8 Å². The molecular weight excluding hydrogens is 392 g/mol. The van der Waals surface area contributed by atoms with Gasteiger partial charge in [0.2, 0.25) is 11.8 Å².